The number of carbonyl (C=O) groups is 2. The number of aromatic nitrogens is 3. The minimum atomic E-state index is -0.519. The van der Waals surface area contributed by atoms with Gasteiger partial charge in [-0.15, -0.1) is 0 Å². The first-order valence-electron chi connectivity index (χ1n) is 11.5. The second-order valence-electron chi connectivity index (χ2n) is 8.59. The van der Waals surface area contributed by atoms with Crippen LogP contribution in [0.1, 0.15) is 29.3 Å². The van der Waals surface area contributed by atoms with Crippen molar-refractivity contribution in [3.63, 3.8) is 0 Å². The molecule has 1 aliphatic heterocycles. The molecule has 0 unspecified atom stereocenters. The fraction of sp³-hybridized carbons (Fsp3) is 0.143. The zero-order valence-corrected chi connectivity index (χ0v) is 19.8. The Morgan fingerprint density at radius 1 is 0.800 bits per heavy atom. The van der Waals surface area contributed by atoms with Gasteiger partial charge in [-0.3, -0.25) is 19.5 Å². The van der Waals surface area contributed by atoms with Crippen molar-refractivity contribution in [2.75, 3.05) is 4.90 Å². The molecule has 2 aromatic carbocycles. The summed E-state index contributed by atoms with van der Waals surface area (Å²) in [5.41, 5.74) is 3.73. The van der Waals surface area contributed by atoms with Crippen LogP contribution in [0, 0.1) is 13.8 Å². The summed E-state index contributed by atoms with van der Waals surface area (Å²) in [7, 11) is 0. The number of imide groups is 1. The molecule has 0 bridgehead atoms. The third-order valence-corrected chi connectivity index (χ3v) is 6.16. The van der Waals surface area contributed by atoms with Crippen molar-refractivity contribution in [2.24, 2.45) is 0 Å². The molecule has 0 spiro atoms. The Morgan fingerprint density at radius 2 is 1.49 bits per heavy atom. The van der Waals surface area contributed by atoms with Crippen LogP contribution in [0.4, 0.5) is 5.69 Å². The van der Waals surface area contributed by atoms with Crippen LogP contribution in [0.3, 0.4) is 0 Å². The molecule has 0 aliphatic carbocycles. The first-order chi connectivity index (χ1) is 16.9. The third kappa shape index (κ3) is 3.71. The monoisotopic (exact) mass is 465 g/mol. The number of pyridine rings is 1. The van der Waals surface area contributed by atoms with Gasteiger partial charge in [0.1, 0.15) is 5.57 Å². The fourth-order valence-electron chi connectivity index (χ4n) is 4.39. The lowest BCUT2D eigenvalue weighted by Crippen LogP contribution is -2.39. The Balaban J connectivity index is 1.78. The van der Waals surface area contributed by atoms with E-state index in [1.807, 2.05) is 69.3 Å². The van der Waals surface area contributed by atoms with Gasteiger partial charge in [0.2, 0.25) is 0 Å². The predicted molar refractivity (Wildman–Crippen MR) is 134 cm³/mol. The molecule has 0 atom stereocenters. The van der Waals surface area contributed by atoms with Crippen molar-refractivity contribution in [1.29, 1.82) is 0 Å². The summed E-state index contributed by atoms with van der Waals surface area (Å²) in [6.07, 6.45) is 3.96. The zero-order chi connectivity index (χ0) is 24.7. The Morgan fingerprint density at radius 3 is 2.14 bits per heavy atom. The largest absolute Gasteiger partial charge is 0.331 e. The molecule has 1 aliphatic rings. The number of H-pyrrole nitrogens is 1. The van der Waals surface area contributed by atoms with Gasteiger partial charge in [0.05, 0.1) is 16.9 Å². The van der Waals surface area contributed by atoms with Crippen LogP contribution in [0.25, 0.3) is 17.0 Å². The highest BCUT2D eigenvalue weighted by atomic mass is 16.2. The van der Waals surface area contributed by atoms with Gasteiger partial charge in [-0.05, 0) is 55.7 Å². The third-order valence-electron chi connectivity index (χ3n) is 6.16. The van der Waals surface area contributed by atoms with E-state index in [9.17, 15) is 14.4 Å². The smallest absolute Gasteiger partial charge is 0.294 e. The average molecular weight is 466 g/mol. The first kappa shape index (κ1) is 22.3. The van der Waals surface area contributed by atoms with Gasteiger partial charge < -0.3 is 0 Å². The average Bonchev–Trinajstić information content (AvgIpc) is 3.32. The number of nitrogens with one attached hydrogen (secondary N) is 1. The van der Waals surface area contributed by atoms with E-state index < -0.39 is 11.8 Å². The van der Waals surface area contributed by atoms with Crippen LogP contribution in [0.15, 0.2) is 83.9 Å². The SMILES string of the molecule is CCc1[nH]n(-c2ccccc2)c(=O)c1C1=C([n+]2ccc(C)cc2)C(=O)N(c2cccc(C)c2)C1=O. The highest BCUT2D eigenvalue weighted by Crippen LogP contribution is 2.33. The van der Waals surface area contributed by atoms with E-state index in [1.165, 1.54) is 4.68 Å². The molecule has 3 heterocycles. The van der Waals surface area contributed by atoms with E-state index in [-0.39, 0.29) is 22.4 Å². The lowest BCUT2D eigenvalue weighted by Gasteiger charge is -2.14. The van der Waals surface area contributed by atoms with E-state index in [0.29, 0.717) is 23.5 Å². The number of aromatic amines is 1. The summed E-state index contributed by atoms with van der Waals surface area (Å²) in [4.78, 5) is 42.6. The summed E-state index contributed by atoms with van der Waals surface area (Å²) in [6, 6.07) is 20.1. The molecule has 1 N–H and O–H groups in total. The molecular weight excluding hydrogens is 440 g/mol. The molecule has 0 saturated carbocycles. The zero-order valence-electron chi connectivity index (χ0n) is 19.8. The van der Waals surface area contributed by atoms with Gasteiger partial charge in [-0.1, -0.05) is 37.3 Å². The number of para-hydroxylation sites is 1. The maximum absolute atomic E-state index is 13.9. The maximum Gasteiger partial charge on any atom is 0.331 e. The molecule has 5 rings (SSSR count). The Hall–Kier alpha value is -4.52. The van der Waals surface area contributed by atoms with Crippen LogP contribution < -0.4 is 15.0 Å². The lowest BCUT2D eigenvalue weighted by atomic mass is 10.0. The fourth-order valence-corrected chi connectivity index (χ4v) is 4.39. The van der Waals surface area contributed by atoms with Crippen LogP contribution in [-0.4, -0.2) is 21.6 Å². The number of hydrogen-bond donors (Lipinski definition) is 1. The van der Waals surface area contributed by atoms with E-state index >= 15 is 0 Å². The normalized spacial score (nSPS) is 13.7. The van der Waals surface area contributed by atoms with Crippen molar-refractivity contribution < 1.29 is 14.2 Å². The Bertz CT molecular complexity index is 1540. The van der Waals surface area contributed by atoms with Gasteiger partial charge in [0.15, 0.2) is 12.4 Å². The number of rotatable bonds is 5. The molecule has 2 aromatic heterocycles. The summed E-state index contributed by atoms with van der Waals surface area (Å²) in [5.74, 6) is -0.993. The molecule has 0 radical (unpaired) electrons. The Kier molecular flexibility index (Phi) is 5.53. The second kappa shape index (κ2) is 8.68. The lowest BCUT2D eigenvalue weighted by molar-refractivity contribution is -0.576. The highest BCUT2D eigenvalue weighted by Gasteiger charge is 2.48. The molecule has 35 heavy (non-hydrogen) atoms. The number of benzene rings is 2. The Labute approximate surface area is 202 Å². The predicted octanol–water partition coefficient (Wildman–Crippen LogP) is 3.57. The molecule has 174 valence electrons. The molecule has 7 nitrogen and oxygen atoms in total. The van der Waals surface area contributed by atoms with Gasteiger partial charge in [0.25, 0.3) is 17.2 Å². The standard InChI is InChI=1S/C28H24N4O3/c1-4-22-23(27(34)32(29-22)20-10-6-5-7-11-20)24-25(30-15-13-18(2)14-16-30)28(35)31(26(24)33)21-12-8-9-19(3)17-21/h5-17H,4H2,1-3H3/p+1. The minimum Gasteiger partial charge on any atom is -0.294 e. The molecule has 7 heteroatoms. The van der Waals surface area contributed by atoms with Crippen molar-refractivity contribution in [1.82, 2.24) is 9.78 Å². The van der Waals surface area contributed by atoms with Gasteiger partial charge in [-0.25, -0.2) is 9.58 Å². The van der Waals surface area contributed by atoms with Crippen LogP contribution in [0.5, 0.6) is 0 Å². The van der Waals surface area contributed by atoms with E-state index in [2.05, 4.69) is 5.10 Å². The van der Waals surface area contributed by atoms with Gasteiger partial charge in [0, 0.05) is 17.8 Å². The number of aryl methyl sites for hydroxylation is 3. The van der Waals surface area contributed by atoms with Gasteiger partial charge >= 0.3 is 5.91 Å². The first-order valence-corrected chi connectivity index (χ1v) is 11.5. The van der Waals surface area contributed by atoms with Crippen LogP contribution >= 0.6 is 0 Å². The highest BCUT2D eigenvalue weighted by molar-refractivity contribution is 6.53. The molecular formula is C28H25N4O3+. The van der Waals surface area contributed by atoms with Crippen molar-refractivity contribution in [3.05, 3.63) is 112 Å². The number of anilines is 1. The van der Waals surface area contributed by atoms with E-state index in [4.69, 9.17) is 0 Å². The molecule has 4 aromatic rings. The van der Waals surface area contributed by atoms with E-state index in [1.54, 1.807) is 35.2 Å². The van der Waals surface area contributed by atoms with E-state index in [0.717, 1.165) is 16.0 Å². The number of amides is 2. The van der Waals surface area contributed by atoms with Crippen molar-refractivity contribution >= 4 is 28.8 Å². The number of hydrogen-bond acceptors (Lipinski definition) is 3. The summed E-state index contributed by atoms with van der Waals surface area (Å²) >= 11 is 0. The van der Waals surface area contributed by atoms with Crippen LogP contribution in [-0.2, 0) is 16.0 Å². The minimum absolute atomic E-state index is 0.0955. The quantitative estimate of drug-likeness (QED) is 0.362. The van der Waals surface area contributed by atoms with Crippen LogP contribution in [0.2, 0.25) is 0 Å². The van der Waals surface area contributed by atoms with Crippen molar-refractivity contribution in [3.8, 4) is 5.69 Å². The molecule has 2 amide bonds. The number of carbonyl (C=O) groups excluding carboxylic acids is 2. The van der Waals surface area contributed by atoms with Crippen molar-refractivity contribution in [2.45, 2.75) is 27.2 Å². The topological polar surface area (TPSA) is 79.1 Å². The second-order valence-corrected chi connectivity index (χ2v) is 8.59. The molecule has 0 saturated heterocycles. The summed E-state index contributed by atoms with van der Waals surface area (Å²) in [5, 5.41) is 3.15. The van der Waals surface area contributed by atoms with Gasteiger partial charge in [-0.2, -0.15) is 4.57 Å². The summed E-state index contributed by atoms with van der Waals surface area (Å²) in [6.45, 7) is 5.75. The molecule has 0 fully saturated rings. The summed E-state index contributed by atoms with van der Waals surface area (Å²) < 4.78 is 3.04. The number of nitrogens with zero attached hydrogens (tertiary/aromatic N) is 3. The maximum atomic E-state index is 13.9.